The number of rotatable bonds is 4. The van der Waals surface area contributed by atoms with E-state index in [0.29, 0.717) is 32.3 Å². The SMILES string of the molecule is CC1(NC(=O)OC(C)(C)C)CCN(c2nc3ncc(Sc4cccc(Cl)c4Cl)nc3[nH]2)CC1. The first kappa shape index (κ1) is 23.9. The van der Waals surface area contributed by atoms with Crippen molar-refractivity contribution >= 4 is 58.3 Å². The Morgan fingerprint density at radius 2 is 1.97 bits per heavy atom. The summed E-state index contributed by atoms with van der Waals surface area (Å²) in [5, 5.41) is 4.70. The molecule has 0 bridgehead atoms. The third-order valence-corrected chi connectivity index (χ3v) is 7.17. The minimum absolute atomic E-state index is 0.332. The molecule has 0 unspecified atom stereocenters. The molecule has 2 N–H and O–H groups in total. The Morgan fingerprint density at radius 1 is 1.24 bits per heavy atom. The van der Waals surface area contributed by atoms with Gasteiger partial charge < -0.3 is 19.9 Å². The Balaban J connectivity index is 1.42. The van der Waals surface area contributed by atoms with E-state index in [1.54, 1.807) is 12.3 Å². The van der Waals surface area contributed by atoms with Gasteiger partial charge in [-0.1, -0.05) is 41.0 Å². The third kappa shape index (κ3) is 5.83. The maximum atomic E-state index is 12.2. The van der Waals surface area contributed by atoms with Crippen molar-refractivity contribution in [3.8, 4) is 0 Å². The number of carbonyl (C=O) groups excluding carboxylic acids is 1. The van der Waals surface area contributed by atoms with Crippen molar-refractivity contribution in [1.29, 1.82) is 0 Å². The van der Waals surface area contributed by atoms with Crippen molar-refractivity contribution in [3.05, 3.63) is 34.4 Å². The number of imidazole rings is 1. The molecule has 0 atom stereocenters. The van der Waals surface area contributed by atoms with Crippen molar-refractivity contribution in [2.75, 3.05) is 18.0 Å². The molecule has 3 heterocycles. The van der Waals surface area contributed by atoms with E-state index in [4.69, 9.17) is 27.9 Å². The summed E-state index contributed by atoms with van der Waals surface area (Å²) in [6.45, 7) is 9.07. The lowest BCUT2D eigenvalue weighted by molar-refractivity contribution is 0.0448. The number of alkyl carbamates (subject to hydrolysis) is 1. The van der Waals surface area contributed by atoms with Crippen LogP contribution in [0.5, 0.6) is 0 Å². The molecule has 1 aliphatic rings. The minimum Gasteiger partial charge on any atom is -0.444 e. The summed E-state index contributed by atoms with van der Waals surface area (Å²) in [6, 6.07) is 5.48. The normalized spacial score (nSPS) is 16.1. The number of halogens is 2. The number of amides is 1. The number of ether oxygens (including phenoxy) is 1. The monoisotopic (exact) mass is 508 g/mol. The van der Waals surface area contributed by atoms with Crippen molar-refractivity contribution < 1.29 is 9.53 Å². The number of nitrogens with zero attached hydrogens (tertiary/aromatic N) is 4. The highest BCUT2D eigenvalue weighted by molar-refractivity contribution is 7.99. The molecule has 1 amide bonds. The smallest absolute Gasteiger partial charge is 0.408 e. The van der Waals surface area contributed by atoms with Crippen LogP contribution in [0.4, 0.5) is 10.7 Å². The van der Waals surface area contributed by atoms with Gasteiger partial charge in [0.25, 0.3) is 0 Å². The predicted octanol–water partition coefficient (Wildman–Crippen LogP) is 5.69. The molecule has 2 aromatic heterocycles. The lowest BCUT2D eigenvalue weighted by atomic mass is 9.90. The number of benzene rings is 1. The van der Waals surface area contributed by atoms with Crippen molar-refractivity contribution in [3.63, 3.8) is 0 Å². The molecule has 1 aromatic carbocycles. The summed E-state index contributed by atoms with van der Waals surface area (Å²) in [5.41, 5.74) is 0.298. The average molecular weight is 509 g/mol. The zero-order valence-corrected chi connectivity index (χ0v) is 21.2. The molecule has 0 saturated carbocycles. The number of piperidine rings is 1. The standard InChI is InChI=1S/C22H26Cl2N6O2S/c1-21(2,3)32-20(31)29-22(4)8-10-30(11-9-22)19-27-17-18(28-19)26-15(12-25-17)33-14-7-5-6-13(23)16(14)24/h5-7,12H,8-11H2,1-4H3,(H,29,31)(H,25,26,27,28). The van der Waals surface area contributed by atoms with Crippen LogP contribution in [0.25, 0.3) is 11.3 Å². The molecule has 0 radical (unpaired) electrons. The predicted molar refractivity (Wildman–Crippen MR) is 131 cm³/mol. The van der Waals surface area contributed by atoms with Crippen LogP contribution in [0.1, 0.15) is 40.5 Å². The van der Waals surface area contributed by atoms with Crippen LogP contribution in [-0.2, 0) is 4.74 Å². The maximum absolute atomic E-state index is 12.2. The summed E-state index contributed by atoms with van der Waals surface area (Å²) in [4.78, 5) is 32.1. The summed E-state index contributed by atoms with van der Waals surface area (Å²) >= 11 is 13.8. The molecule has 0 spiro atoms. The van der Waals surface area contributed by atoms with Crippen LogP contribution in [0.15, 0.2) is 34.3 Å². The molecule has 11 heteroatoms. The van der Waals surface area contributed by atoms with Crippen molar-refractivity contribution in [2.45, 2.75) is 61.6 Å². The molecule has 1 aliphatic heterocycles. The number of H-pyrrole nitrogens is 1. The Labute approximate surface area is 206 Å². The second kappa shape index (κ2) is 9.19. The molecular weight excluding hydrogens is 483 g/mol. The largest absolute Gasteiger partial charge is 0.444 e. The lowest BCUT2D eigenvalue weighted by Crippen LogP contribution is -2.54. The first-order chi connectivity index (χ1) is 15.5. The molecule has 3 aromatic rings. The summed E-state index contributed by atoms with van der Waals surface area (Å²) in [7, 11) is 0. The fourth-order valence-corrected chi connectivity index (χ4v) is 4.81. The zero-order chi connectivity index (χ0) is 23.8. The number of aromatic nitrogens is 4. The van der Waals surface area contributed by atoms with Crippen LogP contribution in [0.3, 0.4) is 0 Å². The number of nitrogens with one attached hydrogen (secondary N) is 2. The number of hydrogen-bond donors (Lipinski definition) is 2. The van der Waals surface area contributed by atoms with Gasteiger partial charge >= 0.3 is 6.09 Å². The Hall–Kier alpha value is -2.23. The van der Waals surface area contributed by atoms with Crippen LogP contribution < -0.4 is 10.2 Å². The van der Waals surface area contributed by atoms with E-state index in [9.17, 15) is 4.79 Å². The maximum Gasteiger partial charge on any atom is 0.408 e. The number of carbonyl (C=O) groups is 1. The number of aromatic amines is 1. The topological polar surface area (TPSA) is 96.0 Å². The van der Waals surface area contributed by atoms with Gasteiger partial charge in [0.05, 0.1) is 16.2 Å². The quantitative estimate of drug-likeness (QED) is 0.466. The number of anilines is 1. The van der Waals surface area contributed by atoms with Gasteiger partial charge in [0, 0.05) is 23.5 Å². The van der Waals surface area contributed by atoms with Crippen molar-refractivity contribution in [1.82, 2.24) is 25.3 Å². The van der Waals surface area contributed by atoms with Gasteiger partial charge in [0.2, 0.25) is 5.95 Å². The van der Waals surface area contributed by atoms with E-state index in [2.05, 4.69) is 30.2 Å². The molecule has 1 saturated heterocycles. The van der Waals surface area contributed by atoms with Crippen LogP contribution in [0, 0.1) is 0 Å². The van der Waals surface area contributed by atoms with Gasteiger partial charge in [-0.25, -0.2) is 14.8 Å². The summed E-state index contributed by atoms with van der Waals surface area (Å²) in [6.07, 6.45) is 2.81. The van der Waals surface area contributed by atoms with Crippen LogP contribution in [-0.4, -0.2) is 50.3 Å². The third-order valence-electron chi connectivity index (χ3n) is 5.27. The number of hydrogen-bond acceptors (Lipinski definition) is 7. The highest BCUT2D eigenvalue weighted by Gasteiger charge is 2.34. The molecule has 33 heavy (non-hydrogen) atoms. The van der Waals surface area contributed by atoms with E-state index in [1.165, 1.54) is 11.8 Å². The second-order valence-corrected chi connectivity index (χ2v) is 11.1. The molecule has 8 nitrogen and oxygen atoms in total. The van der Waals surface area contributed by atoms with Gasteiger partial charge in [-0.3, -0.25) is 0 Å². The molecular formula is C22H26Cl2N6O2S. The minimum atomic E-state index is -0.523. The summed E-state index contributed by atoms with van der Waals surface area (Å²) < 4.78 is 5.41. The van der Waals surface area contributed by atoms with Gasteiger partial charge in [-0.15, -0.1) is 0 Å². The van der Waals surface area contributed by atoms with Gasteiger partial charge in [0.15, 0.2) is 11.3 Å². The van der Waals surface area contributed by atoms with E-state index in [1.807, 2.05) is 39.8 Å². The number of fused-ring (bicyclic) bond motifs is 1. The molecule has 4 rings (SSSR count). The fraction of sp³-hybridized carbons (Fsp3) is 0.455. The highest BCUT2D eigenvalue weighted by Crippen LogP contribution is 2.36. The zero-order valence-electron chi connectivity index (χ0n) is 18.9. The Morgan fingerprint density at radius 3 is 2.67 bits per heavy atom. The van der Waals surface area contributed by atoms with Gasteiger partial charge in [-0.05, 0) is 52.7 Å². The van der Waals surface area contributed by atoms with Gasteiger partial charge in [0.1, 0.15) is 10.6 Å². The van der Waals surface area contributed by atoms with E-state index < -0.39 is 5.60 Å². The molecule has 0 aliphatic carbocycles. The van der Waals surface area contributed by atoms with Crippen molar-refractivity contribution in [2.24, 2.45) is 0 Å². The van der Waals surface area contributed by atoms with E-state index in [0.717, 1.165) is 30.8 Å². The Kier molecular flexibility index (Phi) is 6.66. The average Bonchev–Trinajstić information content (AvgIpc) is 3.13. The molecule has 1 fully saturated rings. The highest BCUT2D eigenvalue weighted by atomic mass is 35.5. The second-order valence-electron chi connectivity index (χ2n) is 9.27. The first-order valence-corrected chi connectivity index (χ1v) is 12.2. The first-order valence-electron chi connectivity index (χ1n) is 10.6. The lowest BCUT2D eigenvalue weighted by Gasteiger charge is -2.39. The summed E-state index contributed by atoms with van der Waals surface area (Å²) in [5.74, 6) is 0.715. The van der Waals surface area contributed by atoms with E-state index in [-0.39, 0.29) is 11.6 Å². The van der Waals surface area contributed by atoms with Gasteiger partial charge in [-0.2, -0.15) is 4.98 Å². The van der Waals surface area contributed by atoms with Crippen LogP contribution >= 0.6 is 35.0 Å². The fourth-order valence-electron chi connectivity index (χ4n) is 3.53. The molecule has 176 valence electrons. The Bertz CT molecular complexity index is 1170. The van der Waals surface area contributed by atoms with Crippen LogP contribution in [0.2, 0.25) is 10.0 Å². The van der Waals surface area contributed by atoms with E-state index >= 15 is 0 Å².